The van der Waals surface area contributed by atoms with Crippen LogP contribution in [-0.4, -0.2) is 56.6 Å². The Balaban J connectivity index is 1.59. The molecular formula is C20H32N4O4S. The monoisotopic (exact) mass is 424 g/mol. The van der Waals surface area contributed by atoms with Gasteiger partial charge in [0, 0.05) is 19.1 Å². The first-order valence-corrected chi connectivity index (χ1v) is 11.7. The van der Waals surface area contributed by atoms with Gasteiger partial charge in [0.1, 0.15) is 0 Å². The van der Waals surface area contributed by atoms with E-state index in [-0.39, 0.29) is 41.0 Å². The van der Waals surface area contributed by atoms with Crippen molar-refractivity contribution in [2.45, 2.75) is 69.7 Å². The van der Waals surface area contributed by atoms with Crippen molar-refractivity contribution in [1.29, 1.82) is 0 Å². The summed E-state index contributed by atoms with van der Waals surface area (Å²) < 4.78 is 32.9. The van der Waals surface area contributed by atoms with Gasteiger partial charge in [-0.25, -0.2) is 13.1 Å². The molecule has 29 heavy (non-hydrogen) atoms. The highest BCUT2D eigenvalue weighted by molar-refractivity contribution is 7.89. The van der Waals surface area contributed by atoms with Crippen LogP contribution in [0.2, 0.25) is 0 Å². The first-order chi connectivity index (χ1) is 13.7. The van der Waals surface area contributed by atoms with Crippen LogP contribution < -0.4 is 15.6 Å². The summed E-state index contributed by atoms with van der Waals surface area (Å²) in [4.78, 5) is 15.2. The van der Waals surface area contributed by atoms with Crippen molar-refractivity contribution in [1.82, 2.24) is 15.0 Å². The summed E-state index contributed by atoms with van der Waals surface area (Å²) in [6.45, 7) is 9.51. The molecular weight excluding hydrogens is 392 g/mol. The maximum Gasteiger partial charge on any atom is 0.255 e. The van der Waals surface area contributed by atoms with Crippen LogP contribution in [0.5, 0.6) is 0 Å². The predicted octanol–water partition coefficient (Wildman–Crippen LogP) is 1.70. The van der Waals surface area contributed by atoms with Crippen LogP contribution in [0.3, 0.4) is 0 Å². The summed E-state index contributed by atoms with van der Waals surface area (Å²) in [6, 6.07) is 6.14. The minimum Gasteiger partial charge on any atom is -0.373 e. The van der Waals surface area contributed by atoms with E-state index in [1.165, 1.54) is 12.1 Å². The lowest BCUT2D eigenvalue weighted by Crippen LogP contribution is -2.57. The number of nitrogens with one attached hydrogen (secondary N) is 3. The maximum absolute atomic E-state index is 12.9. The van der Waals surface area contributed by atoms with Crippen molar-refractivity contribution in [3.63, 3.8) is 0 Å². The van der Waals surface area contributed by atoms with Crippen LogP contribution in [0.15, 0.2) is 29.2 Å². The van der Waals surface area contributed by atoms with Crippen LogP contribution in [0.1, 0.15) is 40.5 Å². The fourth-order valence-electron chi connectivity index (χ4n) is 3.75. The first-order valence-electron chi connectivity index (χ1n) is 10.2. The molecule has 0 radical (unpaired) electrons. The third-order valence-electron chi connectivity index (χ3n) is 5.14. The van der Waals surface area contributed by atoms with Gasteiger partial charge in [0.15, 0.2) is 0 Å². The number of hydrogen-bond acceptors (Lipinski definition) is 6. The number of morpholine rings is 1. The van der Waals surface area contributed by atoms with Gasteiger partial charge < -0.3 is 4.74 Å². The van der Waals surface area contributed by atoms with E-state index in [4.69, 9.17) is 4.74 Å². The quantitative estimate of drug-likeness (QED) is 0.550. The smallest absolute Gasteiger partial charge is 0.255 e. The number of hydrazine groups is 1. The molecule has 162 valence electrons. The van der Waals surface area contributed by atoms with E-state index in [9.17, 15) is 13.2 Å². The number of nitrogens with zero attached hydrogens (tertiary/aromatic N) is 1. The number of carbonyl (C=O) groups excluding carboxylic acids is 1. The van der Waals surface area contributed by atoms with Crippen LogP contribution in [0.25, 0.3) is 0 Å². The number of benzene rings is 1. The first kappa shape index (κ1) is 22.0. The molecule has 0 bridgehead atoms. The van der Waals surface area contributed by atoms with Crippen molar-refractivity contribution in [3.05, 3.63) is 24.3 Å². The standard InChI is InChI=1S/C20H32N4O4S/c1-13(2)19(24-11-14(3)28-15(4)12-24)20(25)22-21-16-7-9-18(10-8-16)29(26,27)23-17-5-6-17/h7-10,13-15,17,19,21,23H,5-6,11-12H2,1-4H3,(H,22,25). The Bertz CT molecular complexity index is 798. The molecule has 9 heteroatoms. The fraction of sp³-hybridized carbons (Fsp3) is 0.650. The fourth-order valence-corrected chi connectivity index (χ4v) is 5.05. The van der Waals surface area contributed by atoms with Crippen LogP contribution in [0.4, 0.5) is 5.69 Å². The van der Waals surface area contributed by atoms with Gasteiger partial charge in [0.2, 0.25) is 10.0 Å². The summed E-state index contributed by atoms with van der Waals surface area (Å²) in [5.74, 6) is 0.0173. The minimum atomic E-state index is -3.48. The molecule has 2 fully saturated rings. The third kappa shape index (κ3) is 5.91. The van der Waals surface area contributed by atoms with Gasteiger partial charge in [-0.15, -0.1) is 0 Å². The van der Waals surface area contributed by atoms with E-state index in [0.717, 1.165) is 12.8 Å². The number of hydrogen-bond donors (Lipinski definition) is 3. The molecule has 3 unspecified atom stereocenters. The Morgan fingerprint density at radius 2 is 1.69 bits per heavy atom. The van der Waals surface area contributed by atoms with Crippen LogP contribution in [-0.2, 0) is 19.6 Å². The van der Waals surface area contributed by atoms with Gasteiger partial charge in [-0.1, -0.05) is 13.8 Å². The number of carbonyl (C=O) groups is 1. The van der Waals surface area contributed by atoms with Gasteiger partial charge >= 0.3 is 0 Å². The lowest BCUT2D eigenvalue weighted by atomic mass is 10.00. The summed E-state index contributed by atoms with van der Waals surface area (Å²) in [7, 11) is -3.48. The van der Waals surface area contributed by atoms with Crippen molar-refractivity contribution in [3.8, 4) is 0 Å². The molecule has 0 aromatic heterocycles. The van der Waals surface area contributed by atoms with E-state index in [1.54, 1.807) is 12.1 Å². The van der Waals surface area contributed by atoms with Crippen LogP contribution >= 0.6 is 0 Å². The maximum atomic E-state index is 12.9. The third-order valence-corrected chi connectivity index (χ3v) is 6.67. The SMILES string of the molecule is CC1CN(C(C(=O)NNc2ccc(S(=O)(=O)NC3CC3)cc2)C(C)C)CC(C)O1. The summed E-state index contributed by atoms with van der Waals surface area (Å²) in [5.41, 5.74) is 6.29. The van der Waals surface area contributed by atoms with E-state index >= 15 is 0 Å². The zero-order valence-electron chi connectivity index (χ0n) is 17.5. The highest BCUT2D eigenvalue weighted by Crippen LogP contribution is 2.23. The van der Waals surface area contributed by atoms with Gasteiger partial charge in [-0.3, -0.25) is 20.5 Å². The van der Waals surface area contributed by atoms with E-state index in [0.29, 0.717) is 18.8 Å². The Morgan fingerprint density at radius 1 is 1.10 bits per heavy atom. The lowest BCUT2D eigenvalue weighted by molar-refractivity contribution is -0.134. The lowest BCUT2D eigenvalue weighted by Gasteiger charge is -2.40. The van der Waals surface area contributed by atoms with Crippen molar-refractivity contribution in [2.75, 3.05) is 18.5 Å². The number of anilines is 1. The average molecular weight is 425 g/mol. The second kappa shape index (κ2) is 8.99. The zero-order chi connectivity index (χ0) is 21.2. The van der Waals surface area contributed by atoms with Crippen molar-refractivity contribution >= 4 is 21.6 Å². The van der Waals surface area contributed by atoms with Crippen LogP contribution in [0, 0.1) is 5.92 Å². The zero-order valence-corrected chi connectivity index (χ0v) is 18.3. The molecule has 1 saturated heterocycles. The normalized spacial score (nSPS) is 24.3. The highest BCUT2D eigenvalue weighted by atomic mass is 32.2. The van der Waals surface area contributed by atoms with Gasteiger partial charge in [-0.05, 0) is 56.9 Å². The van der Waals surface area contributed by atoms with Crippen molar-refractivity contribution in [2.24, 2.45) is 5.92 Å². The van der Waals surface area contributed by atoms with Crippen molar-refractivity contribution < 1.29 is 17.9 Å². The average Bonchev–Trinajstić information content (AvgIpc) is 3.42. The van der Waals surface area contributed by atoms with E-state index in [1.807, 2.05) is 27.7 Å². The Morgan fingerprint density at radius 3 is 2.21 bits per heavy atom. The molecule has 2 aliphatic rings. The van der Waals surface area contributed by atoms with Gasteiger partial charge in [-0.2, -0.15) is 0 Å². The van der Waals surface area contributed by atoms with Gasteiger partial charge in [0.05, 0.1) is 28.8 Å². The van der Waals surface area contributed by atoms with E-state index < -0.39 is 10.0 Å². The number of rotatable bonds is 8. The van der Waals surface area contributed by atoms with Gasteiger partial charge in [0.25, 0.3) is 5.91 Å². The second-order valence-electron chi connectivity index (χ2n) is 8.43. The number of amides is 1. The molecule has 8 nitrogen and oxygen atoms in total. The number of sulfonamides is 1. The highest BCUT2D eigenvalue weighted by Gasteiger charge is 2.34. The Hall–Kier alpha value is -1.68. The molecule has 1 aliphatic heterocycles. The molecule has 1 amide bonds. The molecule has 3 rings (SSSR count). The molecule has 1 heterocycles. The molecule has 3 atom stereocenters. The minimum absolute atomic E-state index is 0.0654. The molecule has 1 aromatic carbocycles. The summed E-state index contributed by atoms with van der Waals surface area (Å²) in [5, 5.41) is 0. The Kier molecular flexibility index (Phi) is 6.83. The second-order valence-corrected chi connectivity index (χ2v) is 10.1. The largest absolute Gasteiger partial charge is 0.373 e. The molecule has 1 aliphatic carbocycles. The molecule has 1 saturated carbocycles. The summed E-state index contributed by atoms with van der Waals surface area (Å²) >= 11 is 0. The number of ether oxygens (including phenoxy) is 1. The van der Waals surface area contributed by atoms with E-state index in [2.05, 4.69) is 20.5 Å². The summed E-state index contributed by atoms with van der Waals surface area (Å²) in [6.07, 6.45) is 1.95. The molecule has 1 aromatic rings. The Labute approximate surface area is 173 Å². The molecule has 0 spiro atoms. The topological polar surface area (TPSA) is 99.8 Å². The predicted molar refractivity (Wildman–Crippen MR) is 112 cm³/mol. The molecule has 3 N–H and O–H groups in total.